The van der Waals surface area contributed by atoms with Gasteiger partial charge in [0.05, 0.1) is 6.57 Å². The lowest BCUT2D eigenvalue weighted by Gasteiger charge is -2.05. The van der Waals surface area contributed by atoms with Crippen molar-refractivity contribution in [2.24, 2.45) is 5.92 Å². The Morgan fingerprint density at radius 2 is 2.08 bits per heavy atom. The minimum Gasteiger partial charge on any atom is -0.238 e. The quantitative estimate of drug-likeness (QED) is 0.624. The number of hydrogen-bond donors (Lipinski definition) is 0. The van der Waals surface area contributed by atoms with Gasteiger partial charge in [-0.15, -0.1) is 0 Å². The van der Waals surface area contributed by atoms with E-state index in [4.69, 9.17) is 18.2 Å². The van der Waals surface area contributed by atoms with Crippen LogP contribution in [0.5, 0.6) is 0 Å². The normalized spacial score (nSPS) is 10.1. The summed E-state index contributed by atoms with van der Waals surface area (Å²) in [6.07, 6.45) is 0.975. The molecule has 1 nitrogen and oxygen atoms in total. The van der Waals surface area contributed by atoms with Crippen LogP contribution in [0, 0.1) is 12.5 Å². The summed E-state index contributed by atoms with van der Waals surface area (Å²) >= 11 is 5.87. The minimum atomic E-state index is 0.594. The molecule has 0 heterocycles. The molecule has 68 valence electrons. The zero-order valence-corrected chi connectivity index (χ0v) is 8.60. The van der Waals surface area contributed by atoms with Gasteiger partial charge in [0.15, 0.2) is 5.69 Å². The smallest absolute Gasteiger partial charge is 0.188 e. The van der Waals surface area contributed by atoms with Crippen molar-refractivity contribution in [1.82, 2.24) is 0 Å². The molecule has 0 bridgehead atoms. The van der Waals surface area contributed by atoms with Crippen molar-refractivity contribution in [2.45, 2.75) is 20.3 Å². The Kier molecular flexibility index (Phi) is 3.33. The molecular formula is C11H12ClN. The van der Waals surface area contributed by atoms with Crippen LogP contribution < -0.4 is 0 Å². The highest BCUT2D eigenvalue weighted by atomic mass is 35.5. The molecule has 0 fully saturated rings. The van der Waals surface area contributed by atoms with Gasteiger partial charge in [0.1, 0.15) is 0 Å². The first-order valence-corrected chi connectivity index (χ1v) is 4.66. The van der Waals surface area contributed by atoms with Gasteiger partial charge in [-0.1, -0.05) is 37.1 Å². The standard InChI is InChI=1S/C11H12ClN/c1-8(2)4-9-5-10(12)7-11(6-9)13-3/h5-8H,4H2,1-2H3. The average Bonchev–Trinajstić information content (AvgIpc) is 2.01. The van der Waals surface area contributed by atoms with Gasteiger partial charge in [0.25, 0.3) is 0 Å². The van der Waals surface area contributed by atoms with E-state index in [1.54, 1.807) is 6.07 Å². The third kappa shape index (κ3) is 3.08. The predicted octanol–water partition coefficient (Wildman–Crippen LogP) is 4.09. The summed E-state index contributed by atoms with van der Waals surface area (Å²) in [5.41, 5.74) is 1.77. The lowest BCUT2D eigenvalue weighted by Crippen LogP contribution is -1.93. The second-order valence-corrected chi connectivity index (χ2v) is 3.96. The van der Waals surface area contributed by atoms with Crippen LogP contribution in [0.3, 0.4) is 0 Å². The first-order valence-electron chi connectivity index (χ1n) is 4.28. The Morgan fingerprint density at radius 3 is 2.62 bits per heavy atom. The first kappa shape index (κ1) is 10.1. The molecule has 2 heteroatoms. The van der Waals surface area contributed by atoms with Crippen LogP contribution >= 0.6 is 11.6 Å². The largest absolute Gasteiger partial charge is 0.238 e. The molecule has 1 aromatic carbocycles. The first-order chi connectivity index (χ1) is 6.11. The van der Waals surface area contributed by atoms with Gasteiger partial charge >= 0.3 is 0 Å². The SMILES string of the molecule is [C-]#[N+]c1cc(Cl)cc(CC(C)C)c1. The van der Waals surface area contributed by atoms with Crippen LogP contribution in [0.2, 0.25) is 5.02 Å². The molecule has 0 saturated carbocycles. The van der Waals surface area contributed by atoms with Crippen LogP contribution in [0.25, 0.3) is 4.85 Å². The van der Waals surface area contributed by atoms with E-state index in [2.05, 4.69) is 18.7 Å². The maximum Gasteiger partial charge on any atom is 0.188 e. The van der Waals surface area contributed by atoms with Crippen LogP contribution in [-0.2, 0) is 6.42 Å². The summed E-state index contributed by atoms with van der Waals surface area (Å²) in [6, 6.07) is 5.52. The van der Waals surface area contributed by atoms with Crippen molar-refractivity contribution in [1.29, 1.82) is 0 Å². The summed E-state index contributed by atoms with van der Waals surface area (Å²) in [5.74, 6) is 0.594. The Labute approximate surface area is 84.2 Å². The van der Waals surface area contributed by atoms with Crippen LogP contribution in [0.15, 0.2) is 18.2 Å². The molecule has 0 saturated heterocycles. The maximum absolute atomic E-state index is 6.89. The summed E-state index contributed by atoms with van der Waals surface area (Å²) < 4.78 is 0. The number of benzene rings is 1. The zero-order chi connectivity index (χ0) is 9.84. The van der Waals surface area contributed by atoms with Crippen molar-refractivity contribution < 1.29 is 0 Å². The van der Waals surface area contributed by atoms with Gasteiger partial charge in [-0.05, 0) is 24.5 Å². The maximum atomic E-state index is 6.89. The molecule has 1 rings (SSSR count). The number of halogens is 1. The molecule has 0 unspecified atom stereocenters. The number of nitrogens with zero attached hydrogens (tertiary/aromatic N) is 1. The molecule has 1 aromatic rings. The van der Waals surface area contributed by atoms with E-state index < -0.39 is 0 Å². The summed E-state index contributed by atoms with van der Waals surface area (Å²) in [7, 11) is 0. The van der Waals surface area contributed by atoms with Crippen molar-refractivity contribution in [2.75, 3.05) is 0 Å². The number of rotatable bonds is 2. The fraction of sp³-hybridized carbons (Fsp3) is 0.364. The highest BCUT2D eigenvalue weighted by Crippen LogP contribution is 2.22. The van der Waals surface area contributed by atoms with E-state index in [0.717, 1.165) is 12.0 Å². The second kappa shape index (κ2) is 4.30. The zero-order valence-electron chi connectivity index (χ0n) is 7.84. The molecular weight excluding hydrogens is 182 g/mol. The van der Waals surface area contributed by atoms with Crippen molar-refractivity contribution in [3.63, 3.8) is 0 Å². The molecule has 0 N–H and O–H groups in total. The average molecular weight is 194 g/mol. The van der Waals surface area contributed by atoms with E-state index >= 15 is 0 Å². The Morgan fingerprint density at radius 1 is 1.38 bits per heavy atom. The monoisotopic (exact) mass is 193 g/mol. The third-order valence-electron chi connectivity index (χ3n) is 1.72. The predicted molar refractivity (Wildman–Crippen MR) is 56.3 cm³/mol. The van der Waals surface area contributed by atoms with E-state index in [1.165, 1.54) is 0 Å². The van der Waals surface area contributed by atoms with Gasteiger partial charge in [0, 0.05) is 5.02 Å². The second-order valence-electron chi connectivity index (χ2n) is 3.53. The Bertz CT molecular complexity index is 336. The van der Waals surface area contributed by atoms with Crippen LogP contribution in [-0.4, -0.2) is 0 Å². The van der Waals surface area contributed by atoms with E-state index in [-0.39, 0.29) is 0 Å². The molecule has 0 atom stereocenters. The third-order valence-corrected chi connectivity index (χ3v) is 1.93. The molecule has 0 aromatic heterocycles. The lowest BCUT2D eigenvalue weighted by atomic mass is 10.0. The van der Waals surface area contributed by atoms with E-state index in [1.807, 2.05) is 12.1 Å². The molecule has 0 aliphatic heterocycles. The van der Waals surface area contributed by atoms with Gasteiger partial charge < -0.3 is 0 Å². The van der Waals surface area contributed by atoms with Gasteiger partial charge in [-0.3, -0.25) is 0 Å². The summed E-state index contributed by atoms with van der Waals surface area (Å²) in [4.78, 5) is 3.36. The topological polar surface area (TPSA) is 4.36 Å². The number of hydrogen-bond acceptors (Lipinski definition) is 0. The minimum absolute atomic E-state index is 0.594. The highest BCUT2D eigenvalue weighted by molar-refractivity contribution is 6.30. The highest BCUT2D eigenvalue weighted by Gasteiger charge is 2.01. The van der Waals surface area contributed by atoms with Crippen molar-refractivity contribution >= 4 is 17.3 Å². The molecule has 0 aliphatic carbocycles. The van der Waals surface area contributed by atoms with Crippen molar-refractivity contribution in [3.05, 3.63) is 40.2 Å². The van der Waals surface area contributed by atoms with Gasteiger partial charge in [-0.2, -0.15) is 0 Å². The fourth-order valence-electron chi connectivity index (χ4n) is 1.29. The lowest BCUT2D eigenvalue weighted by molar-refractivity contribution is 0.647. The molecule has 0 amide bonds. The molecule has 0 spiro atoms. The summed E-state index contributed by atoms with van der Waals surface area (Å²) in [5, 5.41) is 0.657. The molecule has 0 radical (unpaired) electrons. The van der Waals surface area contributed by atoms with Crippen LogP contribution in [0.4, 0.5) is 5.69 Å². The molecule has 0 aliphatic rings. The van der Waals surface area contributed by atoms with E-state index in [9.17, 15) is 0 Å². The Hall–Kier alpha value is -1.00. The van der Waals surface area contributed by atoms with Crippen LogP contribution in [0.1, 0.15) is 19.4 Å². The van der Waals surface area contributed by atoms with E-state index in [0.29, 0.717) is 16.6 Å². The fourth-order valence-corrected chi connectivity index (χ4v) is 1.54. The summed E-state index contributed by atoms with van der Waals surface area (Å²) in [6.45, 7) is 11.2. The van der Waals surface area contributed by atoms with Gasteiger partial charge in [0.2, 0.25) is 0 Å². The van der Waals surface area contributed by atoms with Crippen molar-refractivity contribution in [3.8, 4) is 0 Å². The van der Waals surface area contributed by atoms with Gasteiger partial charge in [-0.25, -0.2) is 4.85 Å². The Balaban J connectivity index is 2.96. The molecule has 13 heavy (non-hydrogen) atoms.